The molecule has 1 aromatic carbocycles. The second-order valence-corrected chi connectivity index (χ2v) is 11.2. The Morgan fingerprint density at radius 3 is 2.18 bits per heavy atom. The van der Waals surface area contributed by atoms with E-state index in [9.17, 15) is 22.8 Å². The molecular formula is C27H32F3N3O4S. The third-order valence-electron chi connectivity index (χ3n) is 7.87. The Hall–Kier alpha value is -2.92. The highest BCUT2D eigenvalue weighted by Crippen LogP contribution is 2.52. The minimum absolute atomic E-state index is 0.107. The van der Waals surface area contributed by atoms with E-state index in [2.05, 4.69) is 41.1 Å². The number of piperidine rings is 1. The fourth-order valence-electron chi connectivity index (χ4n) is 5.77. The van der Waals surface area contributed by atoms with Gasteiger partial charge in [-0.2, -0.15) is 13.2 Å². The summed E-state index contributed by atoms with van der Waals surface area (Å²) in [4.78, 5) is 42.0. The molecule has 1 spiro atoms. The van der Waals surface area contributed by atoms with Crippen LogP contribution in [-0.4, -0.2) is 90.1 Å². The van der Waals surface area contributed by atoms with Crippen molar-refractivity contribution in [1.82, 2.24) is 14.7 Å². The molecule has 1 atom stereocenters. The van der Waals surface area contributed by atoms with E-state index < -0.39 is 12.1 Å². The lowest BCUT2D eigenvalue weighted by Gasteiger charge is -2.40. The second kappa shape index (κ2) is 11.4. The number of hydrogen-bond acceptors (Lipinski definition) is 5. The van der Waals surface area contributed by atoms with Crippen LogP contribution in [0.5, 0.6) is 0 Å². The largest absolute Gasteiger partial charge is 0.490 e. The number of benzene rings is 1. The molecule has 2 fully saturated rings. The standard InChI is InChI=1S/C25H31N3O2S.C2HF3O2/c1-26-12-14-27(15-13-26)23(29)17-19-18-25(21-6-3-2-5-20(19)21)8-10-28(11-9-25)24(30)22-7-4-16-31-22;3-2(4,5)1(6)7/h2-7,16,19H,8-15,17-18H2,1H3;(H,6,7). The van der Waals surface area contributed by atoms with Crippen molar-refractivity contribution in [2.24, 2.45) is 0 Å². The van der Waals surface area contributed by atoms with Gasteiger partial charge in [0.15, 0.2) is 0 Å². The predicted molar refractivity (Wildman–Crippen MR) is 137 cm³/mol. The SMILES string of the molecule is CN1CCN(C(=O)CC2CC3(CCN(C(=O)c4cccs4)CC3)c3ccccc32)CC1.O=C(O)C(F)(F)F. The van der Waals surface area contributed by atoms with Crippen LogP contribution in [0.25, 0.3) is 0 Å². The number of likely N-dealkylation sites (tertiary alicyclic amines) is 1. The lowest BCUT2D eigenvalue weighted by Crippen LogP contribution is -2.47. The van der Waals surface area contributed by atoms with Gasteiger partial charge in [0.1, 0.15) is 0 Å². The maximum Gasteiger partial charge on any atom is 0.490 e. The molecule has 7 nitrogen and oxygen atoms in total. The van der Waals surface area contributed by atoms with Crippen LogP contribution in [0.4, 0.5) is 13.2 Å². The molecule has 2 amide bonds. The zero-order chi connectivity index (χ0) is 27.5. The Kier molecular flexibility index (Phi) is 8.46. The number of carbonyl (C=O) groups is 3. The molecule has 5 rings (SSSR count). The smallest absolute Gasteiger partial charge is 0.475 e. The van der Waals surface area contributed by atoms with Crippen LogP contribution in [0.15, 0.2) is 41.8 Å². The highest BCUT2D eigenvalue weighted by Gasteiger charge is 2.46. The first-order valence-corrected chi connectivity index (χ1v) is 13.6. The van der Waals surface area contributed by atoms with E-state index in [1.54, 1.807) is 0 Å². The first-order valence-electron chi connectivity index (χ1n) is 12.7. The van der Waals surface area contributed by atoms with Gasteiger partial charge in [0.25, 0.3) is 5.91 Å². The Morgan fingerprint density at radius 2 is 1.61 bits per heavy atom. The lowest BCUT2D eigenvalue weighted by molar-refractivity contribution is -0.192. The molecule has 1 unspecified atom stereocenters. The summed E-state index contributed by atoms with van der Waals surface area (Å²) in [7, 11) is 2.12. The average molecular weight is 552 g/mol. The summed E-state index contributed by atoms with van der Waals surface area (Å²) in [6.45, 7) is 5.20. The number of piperazine rings is 1. The van der Waals surface area contributed by atoms with E-state index in [0.717, 1.165) is 63.4 Å². The van der Waals surface area contributed by atoms with Gasteiger partial charge in [-0.1, -0.05) is 30.3 Å². The Bertz CT molecular complexity index is 1140. The van der Waals surface area contributed by atoms with Gasteiger partial charge in [-0.25, -0.2) is 4.79 Å². The van der Waals surface area contributed by atoms with Crippen LogP contribution in [0, 0.1) is 0 Å². The predicted octanol–water partition coefficient (Wildman–Crippen LogP) is 4.21. The summed E-state index contributed by atoms with van der Waals surface area (Å²) >= 11 is 1.52. The molecule has 0 bridgehead atoms. The first-order chi connectivity index (χ1) is 18.0. The van der Waals surface area contributed by atoms with Crippen LogP contribution in [0.2, 0.25) is 0 Å². The van der Waals surface area contributed by atoms with E-state index in [-0.39, 0.29) is 11.3 Å². The summed E-state index contributed by atoms with van der Waals surface area (Å²) in [6.07, 6.45) is -1.46. The maximum absolute atomic E-state index is 13.1. The monoisotopic (exact) mass is 551 g/mol. The van der Waals surface area contributed by atoms with E-state index in [4.69, 9.17) is 9.90 Å². The fourth-order valence-corrected chi connectivity index (χ4v) is 6.46. The molecule has 206 valence electrons. The molecule has 2 saturated heterocycles. The molecule has 38 heavy (non-hydrogen) atoms. The van der Waals surface area contributed by atoms with Crippen molar-refractivity contribution in [2.75, 3.05) is 46.3 Å². The zero-order valence-electron chi connectivity index (χ0n) is 21.2. The number of hydrogen-bond donors (Lipinski definition) is 1. The summed E-state index contributed by atoms with van der Waals surface area (Å²) in [5.41, 5.74) is 2.90. The number of rotatable bonds is 3. The van der Waals surface area contributed by atoms with Gasteiger partial charge in [-0.15, -0.1) is 11.3 Å². The van der Waals surface area contributed by atoms with Crippen LogP contribution in [-0.2, 0) is 15.0 Å². The summed E-state index contributed by atoms with van der Waals surface area (Å²) in [6, 6.07) is 12.6. The number of halogens is 3. The van der Waals surface area contributed by atoms with Crippen LogP contribution < -0.4 is 0 Å². The Labute approximate surface area is 223 Å². The van der Waals surface area contributed by atoms with E-state index in [0.29, 0.717) is 18.2 Å². The number of carbonyl (C=O) groups excluding carboxylic acids is 2. The molecule has 0 saturated carbocycles. The molecule has 1 aliphatic carbocycles. The number of carboxylic acids is 1. The maximum atomic E-state index is 13.1. The average Bonchev–Trinajstić information content (AvgIpc) is 3.52. The fraction of sp³-hybridized carbons (Fsp3) is 0.519. The van der Waals surface area contributed by atoms with Gasteiger partial charge in [0.2, 0.25) is 5.91 Å². The molecule has 0 radical (unpaired) electrons. The minimum atomic E-state index is -5.08. The van der Waals surface area contributed by atoms with Gasteiger partial charge >= 0.3 is 12.1 Å². The van der Waals surface area contributed by atoms with Crippen LogP contribution >= 0.6 is 11.3 Å². The quantitative estimate of drug-likeness (QED) is 0.619. The lowest BCUT2D eigenvalue weighted by atomic mass is 9.73. The number of fused-ring (bicyclic) bond motifs is 2. The van der Waals surface area contributed by atoms with E-state index in [1.165, 1.54) is 22.5 Å². The van der Waals surface area contributed by atoms with Gasteiger partial charge < -0.3 is 19.8 Å². The number of amides is 2. The van der Waals surface area contributed by atoms with E-state index in [1.807, 2.05) is 22.4 Å². The van der Waals surface area contributed by atoms with Crippen LogP contribution in [0.1, 0.15) is 52.4 Å². The van der Waals surface area contributed by atoms with Crippen LogP contribution in [0.3, 0.4) is 0 Å². The minimum Gasteiger partial charge on any atom is -0.475 e. The third kappa shape index (κ3) is 6.20. The van der Waals surface area contributed by atoms with Gasteiger partial charge in [-0.3, -0.25) is 9.59 Å². The molecular weight excluding hydrogens is 519 g/mol. The number of aliphatic carboxylic acids is 1. The van der Waals surface area contributed by atoms with Crippen molar-refractivity contribution >= 4 is 29.1 Å². The molecule has 11 heteroatoms. The van der Waals surface area contributed by atoms with Gasteiger partial charge in [0.05, 0.1) is 4.88 Å². The second-order valence-electron chi connectivity index (χ2n) is 10.2. The molecule has 3 aliphatic rings. The number of nitrogens with zero attached hydrogens (tertiary/aromatic N) is 3. The van der Waals surface area contributed by atoms with Crippen molar-refractivity contribution in [2.45, 2.75) is 43.2 Å². The topological polar surface area (TPSA) is 81.2 Å². The highest BCUT2D eigenvalue weighted by molar-refractivity contribution is 7.12. The van der Waals surface area contributed by atoms with Gasteiger partial charge in [0, 0.05) is 45.7 Å². The molecule has 2 aliphatic heterocycles. The van der Waals surface area contributed by atoms with Gasteiger partial charge in [-0.05, 0) is 60.2 Å². The molecule has 1 aromatic heterocycles. The number of alkyl halides is 3. The Balaban J connectivity index is 0.000000426. The third-order valence-corrected chi connectivity index (χ3v) is 8.73. The summed E-state index contributed by atoms with van der Waals surface area (Å²) in [5, 5.41) is 9.09. The number of likely N-dealkylation sites (N-methyl/N-ethyl adjacent to an activating group) is 1. The van der Waals surface area contributed by atoms with Crippen molar-refractivity contribution in [3.8, 4) is 0 Å². The molecule has 1 N–H and O–H groups in total. The van der Waals surface area contributed by atoms with Crippen molar-refractivity contribution in [3.05, 3.63) is 57.8 Å². The van der Waals surface area contributed by atoms with Crippen molar-refractivity contribution < 1.29 is 32.7 Å². The van der Waals surface area contributed by atoms with E-state index >= 15 is 0 Å². The summed E-state index contributed by atoms with van der Waals surface area (Å²) in [5.74, 6) is -2.00. The van der Waals surface area contributed by atoms with Crippen molar-refractivity contribution in [1.29, 1.82) is 0 Å². The van der Waals surface area contributed by atoms with Crippen molar-refractivity contribution in [3.63, 3.8) is 0 Å². The number of thiophene rings is 1. The number of carboxylic acid groups (broad SMARTS) is 1. The summed E-state index contributed by atoms with van der Waals surface area (Å²) < 4.78 is 31.7. The Morgan fingerprint density at radius 1 is 0.974 bits per heavy atom. The molecule has 2 aromatic rings. The normalized spacial score (nSPS) is 21.0. The first kappa shape index (κ1) is 28.1. The zero-order valence-corrected chi connectivity index (χ0v) is 22.1. The molecule has 3 heterocycles. The highest BCUT2D eigenvalue weighted by atomic mass is 32.1.